The highest BCUT2D eigenvalue weighted by Crippen LogP contribution is 2.34. The lowest BCUT2D eigenvalue weighted by Gasteiger charge is -2.26. The molecule has 1 amide bonds. The Bertz CT molecular complexity index is 1270. The summed E-state index contributed by atoms with van der Waals surface area (Å²) in [6, 6.07) is 16.2. The number of anilines is 1. The predicted molar refractivity (Wildman–Crippen MR) is 134 cm³/mol. The van der Waals surface area contributed by atoms with Crippen LogP contribution in [-0.4, -0.2) is 48.6 Å². The van der Waals surface area contributed by atoms with Gasteiger partial charge in [0, 0.05) is 13.1 Å². The number of nitrogens with zero attached hydrogens (tertiary/aromatic N) is 3. The molecule has 4 rings (SSSR count). The second-order valence-corrected chi connectivity index (χ2v) is 8.69. The van der Waals surface area contributed by atoms with Crippen LogP contribution >= 0.6 is 11.3 Å². The van der Waals surface area contributed by atoms with Crippen LogP contribution in [0.5, 0.6) is 5.75 Å². The molecule has 0 fully saturated rings. The van der Waals surface area contributed by atoms with Gasteiger partial charge >= 0.3 is 0 Å². The summed E-state index contributed by atoms with van der Waals surface area (Å²) in [6.45, 7) is 9.53. The number of thiazole rings is 1. The quantitative estimate of drug-likeness (QED) is 0.305. The van der Waals surface area contributed by atoms with Crippen molar-refractivity contribution in [2.24, 2.45) is 0 Å². The van der Waals surface area contributed by atoms with Gasteiger partial charge in [0.2, 0.25) is 0 Å². The van der Waals surface area contributed by atoms with Crippen molar-refractivity contribution in [3.05, 3.63) is 66.0 Å². The third-order valence-corrected chi connectivity index (χ3v) is 6.80. The lowest BCUT2D eigenvalue weighted by atomic mass is 10.0. The fraction of sp³-hybridized carbons (Fsp3) is 0.308. The fourth-order valence-electron chi connectivity index (χ4n) is 3.95. The first-order chi connectivity index (χ1) is 16.0. The molecule has 0 saturated carbocycles. The Morgan fingerprint density at radius 3 is 2.58 bits per heavy atom. The van der Waals surface area contributed by atoms with E-state index in [2.05, 4.69) is 23.7 Å². The normalized spacial score (nSPS) is 11.4. The van der Waals surface area contributed by atoms with Crippen molar-refractivity contribution in [2.45, 2.75) is 20.8 Å². The van der Waals surface area contributed by atoms with Crippen LogP contribution in [-0.2, 0) is 0 Å². The molecule has 7 heteroatoms. The Kier molecular flexibility index (Phi) is 7.20. The lowest BCUT2D eigenvalue weighted by molar-refractivity contribution is 0.0982. The number of fused-ring (bicyclic) bond motifs is 2. The molecule has 0 spiro atoms. The van der Waals surface area contributed by atoms with Crippen LogP contribution < -0.4 is 9.64 Å². The van der Waals surface area contributed by atoms with E-state index in [4.69, 9.17) is 4.74 Å². The monoisotopic (exact) mass is 465 g/mol. The van der Waals surface area contributed by atoms with Gasteiger partial charge in [-0.2, -0.15) is 0 Å². The third-order valence-electron chi connectivity index (χ3n) is 5.75. The fourth-order valence-corrected chi connectivity index (χ4v) is 4.96. The van der Waals surface area contributed by atoms with E-state index in [1.54, 1.807) is 11.0 Å². The zero-order valence-electron chi connectivity index (χ0n) is 19.2. The minimum Gasteiger partial charge on any atom is -0.493 e. The van der Waals surface area contributed by atoms with E-state index in [0.29, 0.717) is 46.4 Å². The highest BCUT2D eigenvalue weighted by Gasteiger charge is 2.26. The standard InChI is InChI=1S/C26H28FN3O2S/c1-4-29(5-2)15-16-30(26-28-21-13-12-19(27)17-23(21)33-26)25(31)24-20-10-8-7-9-18(20)11-14-22(24)32-6-3/h7-14,17H,4-6,15-16H2,1-3H3. The highest BCUT2D eigenvalue weighted by atomic mass is 32.1. The number of rotatable bonds is 9. The number of ether oxygens (including phenoxy) is 1. The minimum atomic E-state index is -0.314. The van der Waals surface area contributed by atoms with Crippen LogP contribution in [0.2, 0.25) is 0 Å². The largest absolute Gasteiger partial charge is 0.493 e. The number of amides is 1. The van der Waals surface area contributed by atoms with Gasteiger partial charge in [0.15, 0.2) is 5.13 Å². The Morgan fingerprint density at radius 2 is 1.82 bits per heavy atom. The van der Waals surface area contributed by atoms with E-state index >= 15 is 0 Å². The molecule has 4 aromatic rings. The Labute approximate surface area is 197 Å². The second kappa shape index (κ2) is 10.3. The summed E-state index contributed by atoms with van der Waals surface area (Å²) in [5.41, 5.74) is 1.21. The molecular weight excluding hydrogens is 437 g/mol. The van der Waals surface area contributed by atoms with Crippen LogP contribution in [0.15, 0.2) is 54.6 Å². The lowest BCUT2D eigenvalue weighted by Crippen LogP contribution is -2.39. The van der Waals surface area contributed by atoms with E-state index in [9.17, 15) is 9.18 Å². The van der Waals surface area contributed by atoms with Gasteiger partial charge < -0.3 is 9.64 Å². The topological polar surface area (TPSA) is 45.7 Å². The number of aromatic nitrogens is 1. The molecule has 0 aliphatic carbocycles. The average molecular weight is 466 g/mol. The third kappa shape index (κ3) is 4.84. The first kappa shape index (κ1) is 23.1. The molecule has 1 aromatic heterocycles. The molecule has 33 heavy (non-hydrogen) atoms. The predicted octanol–water partition coefficient (Wildman–Crippen LogP) is 5.98. The van der Waals surface area contributed by atoms with Crippen molar-refractivity contribution < 1.29 is 13.9 Å². The van der Waals surface area contributed by atoms with Gasteiger partial charge in [-0.15, -0.1) is 0 Å². The average Bonchev–Trinajstić information content (AvgIpc) is 3.24. The first-order valence-corrected chi connectivity index (χ1v) is 12.1. The van der Waals surface area contributed by atoms with E-state index in [1.165, 1.54) is 23.5 Å². The maximum atomic E-state index is 14.1. The summed E-state index contributed by atoms with van der Waals surface area (Å²) in [7, 11) is 0. The van der Waals surface area contributed by atoms with Crippen molar-refractivity contribution in [1.82, 2.24) is 9.88 Å². The summed E-state index contributed by atoms with van der Waals surface area (Å²) in [5.74, 6) is 0.0783. The first-order valence-electron chi connectivity index (χ1n) is 11.3. The zero-order chi connectivity index (χ0) is 23.4. The van der Waals surface area contributed by atoms with Crippen molar-refractivity contribution >= 4 is 43.4 Å². The minimum absolute atomic E-state index is 0.165. The molecule has 0 atom stereocenters. The van der Waals surface area contributed by atoms with E-state index < -0.39 is 0 Å². The maximum Gasteiger partial charge on any atom is 0.264 e. The summed E-state index contributed by atoms with van der Waals surface area (Å²) < 4.78 is 20.4. The van der Waals surface area contributed by atoms with Crippen LogP contribution in [0.3, 0.4) is 0 Å². The number of hydrogen-bond acceptors (Lipinski definition) is 5. The van der Waals surface area contributed by atoms with E-state index in [1.807, 2.05) is 43.3 Å². The smallest absolute Gasteiger partial charge is 0.264 e. The SMILES string of the molecule is CCOc1ccc2ccccc2c1C(=O)N(CCN(CC)CC)c1nc2ccc(F)cc2s1. The number of benzene rings is 3. The van der Waals surface area contributed by atoms with E-state index in [0.717, 1.165) is 23.9 Å². The molecule has 1 heterocycles. The van der Waals surface area contributed by atoms with Gasteiger partial charge in [0.25, 0.3) is 5.91 Å². The van der Waals surface area contributed by atoms with Crippen molar-refractivity contribution in [3.63, 3.8) is 0 Å². The molecule has 0 radical (unpaired) electrons. The van der Waals surface area contributed by atoms with Crippen LogP contribution in [0, 0.1) is 5.82 Å². The summed E-state index contributed by atoms with van der Waals surface area (Å²) in [6.07, 6.45) is 0. The maximum absolute atomic E-state index is 14.1. The zero-order valence-corrected chi connectivity index (χ0v) is 20.0. The van der Waals surface area contributed by atoms with Crippen LogP contribution in [0.25, 0.3) is 21.0 Å². The molecule has 0 N–H and O–H groups in total. The Hall–Kier alpha value is -3.03. The Morgan fingerprint density at radius 1 is 1.03 bits per heavy atom. The van der Waals surface area contributed by atoms with Gasteiger partial charge in [-0.1, -0.05) is 55.5 Å². The van der Waals surface area contributed by atoms with E-state index in [-0.39, 0.29) is 11.7 Å². The van der Waals surface area contributed by atoms with Gasteiger partial charge in [-0.3, -0.25) is 9.69 Å². The number of halogens is 1. The van der Waals surface area contributed by atoms with Crippen molar-refractivity contribution in [2.75, 3.05) is 37.7 Å². The molecule has 0 saturated heterocycles. The summed E-state index contributed by atoms with van der Waals surface area (Å²) >= 11 is 1.33. The summed E-state index contributed by atoms with van der Waals surface area (Å²) in [5, 5.41) is 2.37. The molecule has 0 bridgehead atoms. The second-order valence-electron chi connectivity index (χ2n) is 7.69. The number of hydrogen-bond donors (Lipinski definition) is 0. The molecule has 3 aromatic carbocycles. The molecule has 5 nitrogen and oxygen atoms in total. The molecular formula is C26H28FN3O2S. The van der Waals surface area contributed by atoms with Crippen LogP contribution in [0.1, 0.15) is 31.1 Å². The molecule has 0 aliphatic heterocycles. The number of carbonyl (C=O) groups is 1. The highest BCUT2D eigenvalue weighted by molar-refractivity contribution is 7.22. The van der Waals surface area contributed by atoms with Gasteiger partial charge in [-0.25, -0.2) is 9.37 Å². The Balaban J connectivity index is 1.82. The van der Waals surface area contributed by atoms with Gasteiger partial charge in [0.1, 0.15) is 11.6 Å². The molecule has 0 aliphatic rings. The van der Waals surface area contributed by atoms with Gasteiger partial charge in [0.05, 0.1) is 22.4 Å². The van der Waals surface area contributed by atoms with Crippen molar-refractivity contribution in [3.8, 4) is 5.75 Å². The van der Waals surface area contributed by atoms with Crippen molar-refractivity contribution in [1.29, 1.82) is 0 Å². The number of likely N-dealkylation sites (N-methyl/N-ethyl adjacent to an activating group) is 1. The number of carbonyl (C=O) groups excluding carboxylic acids is 1. The molecule has 172 valence electrons. The van der Waals surface area contributed by atoms with Crippen LogP contribution in [0.4, 0.5) is 9.52 Å². The molecule has 0 unspecified atom stereocenters. The van der Waals surface area contributed by atoms with Gasteiger partial charge in [-0.05, 0) is 55.1 Å². The summed E-state index contributed by atoms with van der Waals surface area (Å²) in [4.78, 5) is 22.8.